The Labute approximate surface area is 162 Å². The summed E-state index contributed by atoms with van der Waals surface area (Å²) < 4.78 is 0. The van der Waals surface area contributed by atoms with Gasteiger partial charge in [-0.1, -0.05) is 62.4 Å². The average molecular weight is 364 g/mol. The van der Waals surface area contributed by atoms with Gasteiger partial charge in [-0.15, -0.1) is 0 Å². The molecule has 2 aromatic rings. The summed E-state index contributed by atoms with van der Waals surface area (Å²) in [4.78, 5) is 24.1. The third-order valence-electron chi connectivity index (χ3n) is 6.10. The molecule has 0 amide bonds. The second kappa shape index (κ2) is 8.75. The fourth-order valence-corrected chi connectivity index (χ4v) is 4.55. The molecular formula is C23H29N3O. The number of rotatable bonds is 6. The molecule has 27 heavy (non-hydrogen) atoms. The van der Waals surface area contributed by atoms with Crippen LogP contribution in [0.5, 0.6) is 0 Å². The third-order valence-corrected chi connectivity index (χ3v) is 6.10. The highest BCUT2D eigenvalue weighted by Crippen LogP contribution is 2.28. The second-order valence-electron chi connectivity index (χ2n) is 8.06. The molecule has 142 valence electrons. The molecule has 1 aromatic carbocycles. The van der Waals surface area contributed by atoms with Gasteiger partial charge in [-0.25, -0.2) is 9.97 Å². The van der Waals surface area contributed by atoms with Gasteiger partial charge in [0, 0.05) is 31.6 Å². The van der Waals surface area contributed by atoms with Crippen molar-refractivity contribution in [3.63, 3.8) is 0 Å². The smallest absolute Gasteiger partial charge is 0.181 e. The van der Waals surface area contributed by atoms with E-state index in [1.54, 1.807) is 6.33 Å². The van der Waals surface area contributed by atoms with Crippen LogP contribution < -0.4 is 0 Å². The lowest BCUT2D eigenvalue weighted by atomic mass is 9.85. The molecule has 4 nitrogen and oxygen atoms in total. The fraction of sp³-hybridized carbons (Fsp3) is 0.522. The van der Waals surface area contributed by atoms with Crippen LogP contribution in [0.4, 0.5) is 0 Å². The lowest BCUT2D eigenvalue weighted by molar-refractivity contribution is 0.0962. The largest absolute Gasteiger partial charge is 0.293 e. The Kier molecular flexibility index (Phi) is 5.93. The third kappa shape index (κ3) is 4.62. The maximum atomic E-state index is 12.8. The molecule has 0 atom stereocenters. The number of Topliss-reactive ketones (excluding diaryl/α,β-unsaturated/α-hetero) is 1. The molecule has 0 bridgehead atoms. The van der Waals surface area contributed by atoms with Gasteiger partial charge in [0.15, 0.2) is 5.78 Å². The van der Waals surface area contributed by atoms with Gasteiger partial charge in [0.05, 0.1) is 5.69 Å². The molecule has 0 radical (unpaired) electrons. The highest BCUT2D eigenvalue weighted by molar-refractivity contribution is 5.95. The van der Waals surface area contributed by atoms with E-state index in [9.17, 15) is 4.79 Å². The monoisotopic (exact) mass is 363 g/mol. The molecule has 4 heteroatoms. The zero-order valence-electron chi connectivity index (χ0n) is 16.1. The molecule has 1 aliphatic heterocycles. The Hall–Kier alpha value is -2.07. The minimum Gasteiger partial charge on any atom is -0.293 e. The summed E-state index contributed by atoms with van der Waals surface area (Å²) in [6, 6.07) is 10.5. The molecule has 0 unspecified atom stereocenters. The van der Waals surface area contributed by atoms with Crippen LogP contribution in [-0.4, -0.2) is 27.2 Å². The van der Waals surface area contributed by atoms with Crippen LogP contribution in [0, 0.1) is 5.92 Å². The van der Waals surface area contributed by atoms with Crippen LogP contribution in [0.3, 0.4) is 0 Å². The quantitative estimate of drug-likeness (QED) is 0.705. The Morgan fingerprint density at radius 2 is 1.89 bits per heavy atom. The predicted octanol–water partition coefficient (Wildman–Crippen LogP) is 4.58. The van der Waals surface area contributed by atoms with Crippen molar-refractivity contribution in [3.05, 3.63) is 59.2 Å². The maximum absolute atomic E-state index is 12.8. The van der Waals surface area contributed by atoms with Crippen LogP contribution in [-0.2, 0) is 19.5 Å². The molecule has 0 saturated heterocycles. The summed E-state index contributed by atoms with van der Waals surface area (Å²) >= 11 is 0. The number of hydrogen-bond donors (Lipinski definition) is 0. The van der Waals surface area contributed by atoms with Crippen LogP contribution in [0.25, 0.3) is 0 Å². The molecule has 1 aromatic heterocycles. The van der Waals surface area contributed by atoms with Crippen LogP contribution in [0.2, 0.25) is 0 Å². The van der Waals surface area contributed by atoms with E-state index in [0.717, 1.165) is 49.7 Å². The molecule has 0 N–H and O–H groups in total. The van der Waals surface area contributed by atoms with Crippen molar-refractivity contribution >= 4 is 5.78 Å². The van der Waals surface area contributed by atoms with Crippen LogP contribution in [0.15, 0.2) is 36.7 Å². The zero-order valence-corrected chi connectivity index (χ0v) is 16.1. The Morgan fingerprint density at radius 3 is 2.70 bits per heavy atom. The summed E-state index contributed by atoms with van der Waals surface area (Å²) in [6.45, 7) is 2.68. The van der Waals surface area contributed by atoms with Crippen LogP contribution >= 0.6 is 0 Å². The zero-order chi connectivity index (χ0) is 18.5. The average Bonchev–Trinajstić information content (AvgIpc) is 2.73. The number of aromatic nitrogens is 2. The van der Waals surface area contributed by atoms with E-state index in [2.05, 4.69) is 39.1 Å². The van der Waals surface area contributed by atoms with Gasteiger partial charge in [-0.3, -0.25) is 9.69 Å². The van der Waals surface area contributed by atoms with Crippen molar-refractivity contribution in [3.8, 4) is 0 Å². The molecular weight excluding hydrogens is 334 g/mol. The number of carbonyl (C=O) groups is 1. The highest BCUT2D eigenvalue weighted by Gasteiger charge is 2.24. The topological polar surface area (TPSA) is 46.1 Å². The Morgan fingerprint density at radius 1 is 1.07 bits per heavy atom. The number of carbonyl (C=O) groups excluding carboxylic acids is 1. The van der Waals surface area contributed by atoms with Crippen molar-refractivity contribution in [1.82, 2.24) is 14.9 Å². The van der Waals surface area contributed by atoms with E-state index in [0.29, 0.717) is 12.1 Å². The van der Waals surface area contributed by atoms with Crippen molar-refractivity contribution in [1.29, 1.82) is 0 Å². The van der Waals surface area contributed by atoms with E-state index in [1.807, 2.05) is 6.07 Å². The minimum atomic E-state index is 0.218. The van der Waals surface area contributed by atoms with Gasteiger partial charge in [-0.2, -0.15) is 0 Å². The standard InChI is InChI=1S/C23H29N3O/c27-22(12-11-18-7-3-1-4-8-18)23-20-13-14-26(16-21(20)24-17-25-23)15-19-9-5-2-6-10-19/h2,5-6,9-10,17-18H,1,3-4,7-8,11-16H2. The van der Waals surface area contributed by atoms with Gasteiger partial charge < -0.3 is 0 Å². The van der Waals surface area contributed by atoms with E-state index < -0.39 is 0 Å². The van der Waals surface area contributed by atoms with E-state index in [-0.39, 0.29) is 5.78 Å². The first kappa shape index (κ1) is 18.3. The molecule has 1 fully saturated rings. The molecule has 1 aliphatic carbocycles. The molecule has 2 heterocycles. The van der Waals surface area contributed by atoms with Crippen molar-refractivity contribution in [2.24, 2.45) is 5.92 Å². The Bertz CT molecular complexity index is 768. The molecule has 0 spiro atoms. The highest BCUT2D eigenvalue weighted by atomic mass is 16.1. The minimum absolute atomic E-state index is 0.218. The first-order chi connectivity index (χ1) is 13.3. The second-order valence-corrected chi connectivity index (χ2v) is 8.06. The van der Waals surface area contributed by atoms with Crippen molar-refractivity contribution in [2.75, 3.05) is 6.54 Å². The number of nitrogens with zero attached hydrogens (tertiary/aromatic N) is 3. The molecule has 1 saturated carbocycles. The first-order valence-electron chi connectivity index (χ1n) is 10.4. The van der Waals surface area contributed by atoms with Gasteiger partial charge in [0.1, 0.15) is 12.0 Å². The van der Waals surface area contributed by atoms with E-state index >= 15 is 0 Å². The van der Waals surface area contributed by atoms with Gasteiger partial charge in [0.25, 0.3) is 0 Å². The summed E-state index contributed by atoms with van der Waals surface area (Å²) in [6.07, 6.45) is 10.7. The summed E-state index contributed by atoms with van der Waals surface area (Å²) in [5.41, 5.74) is 4.14. The molecule has 4 rings (SSSR count). The number of fused-ring (bicyclic) bond motifs is 1. The van der Waals surface area contributed by atoms with Gasteiger partial charge >= 0.3 is 0 Å². The lowest BCUT2D eigenvalue weighted by Gasteiger charge is -2.28. The normalized spacial score (nSPS) is 18.2. The SMILES string of the molecule is O=C(CCC1CCCCC1)c1ncnc2c1CCN(Cc1ccccc1)C2. The Balaban J connectivity index is 1.40. The van der Waals surface area contributed by atoms with Gasteiger partial charge in [-0.05, 0) is 24.3 Å². The summed E-state index contributed by atoms with van der Waals surface area (Å²) in [5, 5.41) is 0. The van der Waals surface area contributed by atoms with Crippen molar-refractivity contribution in [2.45, 2.75) is 64.5 Å². The number of ketones is 1. The van der Waals surface area contributed by atoms with Crippen LogP contribution in [0.1, 0.15) is 72.3 Å². The number of benzene rings is 1. The lowest BCUT2D eigenvalue weighted by Crippen LogP contribution is -2.32. The van der Waals surface area contributed by atoms with Crippen molar-refractivity contribution < 1.29 is 4.79 Å². The summed E-state index contributed by atoms with van der Waals surface area (Å²) in [5.74, 6) is 0.956. The predicted molar refractivity (Wildman–Crippen MR) is 106 cm³/mol. The first-order valence-corrected chi connectivity index (χ1v) is 10.4. The van der Waals surface area contributed by atoms with E-state index in [4.69, 9.17) is 0 Å². The fourth-order valence-electron chi connectivity index (χ4n) is 4.55. The maximum Gasteiger partial charge on any atom is 0.181 e. The molecule has 2 aliphatic rings. The summed E-state index contributed by atoms with van der Waals surface area (Å²) in [7, 11) is 0. The number of hydrogen-bond acceptors (Lipinski definition) is 4. The van der Waals surface area contributed by atoms with Gasteiger partial charge in [0.2, 0.25) is 0 Å². The van der Waals surface area contributed by atoms with E-state index in [1.165, 1.54) is 37.7 Å².